The van der Waals surface area contributed by atoms with Crippen molar-refractivity contribution >= 4 is 54.6 Å². The maximum Gasteiger partial charge on any atom is 0.139 e. The van der Waals surface area contributed by atoms with Gasteiger partial charge in [0.25, 0.3) is 0 Å². The lowest BCUT2D eigenvalue weighted by molar-refractivity contribution is 0.475. The van der Waals surface area contributed by atoms with Crippen LogP contribution in [0.5, 0.6) is 5.75 Å². The van der Waals surface area contributed by atoms with Gasteiger partial charge in [0.05, 0.1) is 0 Å². The maximum atomic E-state index is 10.3. The van der Waals surface area contributed by atoms with Crippen molar-refractivity contribution in [2.75, 3.05) is 0 Å². The molecule has 25 heavy (non-hydrogen) atoms. The Morgan fingerprint density at radius 3 is 2.04 bits per heavy atom. The molecule has 4 aromatic carbocycles. The summed E-state index contributed by atoms with van der Waals surface area (Å²) in [6.45, 7) is 0. The maximum absolute atomic E-state index is 10.3. The van der Waals surface area contributed by atoms with E-state index in [2.05, 4.69) is 18.2 Å². The minimum absolute atomic E-state index is 0.209. The van der Waals surface area contributed by atoms with E-state index in [1.54, 1.807) is 6.07 Å². The van der Waals surface area contributed by atoms with E-state index in [1.165, 1.54) is 10.8 Å². The molecule has 2 aromatic heterocycles. The second kappa shape index (κ2) is 3.62. The molecule has 0 saturated carbocycles. The molecule has 0 fully saturated rings. The summed E-state index contributed by atoms with van der Waals surface area (Å²) in [6, 6.07) is 17.9. The SMILES string of the molecule is Oc1cc2c3c(c1)oc1ccc4ccc5oc6cccc-2c6c5c4c13. The number of aromatic hydroxyl groups is 1. The first-order chi connectivity index (χ1) is 12.3. The highest BCUT2D eigenvalue weighted by Crippen LogP contribution is 2.50. The first-order valence-electron chi connectivity index (χ1n) is 8.26. The van der Waals surface area contributed by atoms with Crippen LogP contribution in [0.3, 0.4) is 0 Å². The molecule has 7 rings (SSSR count). The van der Waals surface area contributed by atoms with Gasteiger partial charge in [-0.25, -0.2) is 0 Å². The predicted octanol–water partition coefficient (Wildman–Crippen LogP) is 6.32. The minimum Gasteiger partial charge on any atom is -0.508 e. The fraction of sp³-hybridized carbons (Fsp3) is 0. The number of phenols is 1. The lowest BCUT2D eigenvalue weighted by atomic mass is 9.98. The molecule has 0 bridgehead atoms. The van der Waals surface area contributed by atoms with Crippen molar-refractivity contribution in [1.29, 1.82) is 0 Å². The fourth-order valence-electron chi connectivity index (χ4n) is 4.53. The molecule has 0 aliphatic heterocycles. The highest BCUT2D eigenvalue weighted by atomic mass is 16.3. The molecule has 3 nitrogen and oxygen atoms in total. The molecular formula is C22H10O3. The first-order valence-corrected chi connectivity index (χ1v) is 8.26. The van der Waals surface area contributed by atoms with Gasteiger partial charge in [-0.2, -0.15) is 0 Å². The summed E-state index contributed by atoms with van der Waals surface area (Å²) >= 11 is 0. The van der Waals surface area contributed by atoms with Gasteiger partial charge < -0.3 is 13.9 Å². The van der Waals surface area contributed by atoms with E-state index in [0.717, 1.165) is 49.4 Å². The lowest BCUT2D eigenvalue weighted by Crippen LogP contribution is -1.80. The van der Waals surface area contributed by atoms with Gasteiger partial charge in [0.2, 0.25) is 0 Å². The second-order valence-electron chi connectivity index (χ2n) is 6.72. The Morgan fingerprint density at radius 2 is 1.24 bits per heavy atom. The minimum atomic E-state index is 0.209. The van der Waals surface area contributed by atoms with Crippen LogP contribution in [0.15, 0.2) is 63.4 Å². The molecule has 3 heteroatoms. The highest BCUT2D eigenvalue weighted by Gasteiger charge is 2.25. The van der Waals surface area contributed by atoms with Crippen LogP contribution in [0.1, 0.15) is 0 Å². The second-order valence-corrected chi connectivity index (χ2v) is 6.72. The van der Waals surface area contributed by atoms with Crippen molar-refractivity contribution in [1.82, 2.24) is 0 Å². The monoisotopic (exact) mass is 322 g/mol. The highest BCUT2D eigenvalue weighted by molar-refractivity contribution is 6.36. The van der Waals surface area contributed by atoms with Gasteiger partial charge in [0.1, 0.15) is 28.1 Å². The zero-order chi connectivity index (χ0) is 16.3. The topological polar surface area (TPSA) is 46.5 Å². The van der Waals surface area contributed by atoms with Crippen molar-refractivity contribution in [3.8, 4) is 16.9 Å². The van der Waals surface area contributed by atoms with Gasteiger partial charge in [0, 0.05) is 33.0 Å². The number of phenolic OH excluding ortho intramolecular Hbond substituents is 1. The molecule has 0 amide bonds. The average molecular weight is 322 g/mol. The first kappa shape index (κ1) is 12.0. The molecule has 0 saturated heterocycles. The third-order valence-electron chi connectivity index (χ3n) is 5.45. The number of benzene rings is 4. The third-order valence-corrected chi connectivity index (χ3v) is 5.45. The quantitative estimate of drug-likeness (QED) is 0.355. The molecule has 116 valence electrons. The molecule has 0 spiro atoms. The smallest absolute Gasteiger partial charge is 0.139 e. The largest absolute Gasteiger partial charge is 0.508 e. The molecule has 0 radical (unpaired) electrons. The van der Waals surface area contributed by atoms with Crippen LogP contribution in [-0.2, 0) is 0 Å². The average Bonchev–Trinajstić information content (AvgIpc) is 3.13. The van der Waals surface area contributed by atoms with E-state index in [-0.39, 0.29) is 5.75 Å². The zero-order valence-corrected chi connectivity index (χ0v) is 13.0. The van der Waals surface area contributed by atoms with E-state index in [9.17, 15) is 5.11 Å². The Bertz CT molecular complexity index is 1550. The normalized spacial score (nSPS) is 13.0. The molecule has 0 atom stereocenters. The Labute approximate surface area is 140 Å². The summed E-state index contributed by atoms with van der Waals surface area (Å²) in [5.41, 5.74) is 5.37. The van der Waals surface area contributed by atoms with E-state index >= 15 is 0 Å². The molecule has 1 aliphatic carbocycles. The van der Waals surface area contributed by atoms with Crippen LogP contribution in [-0.4, -0.2) is 5.11 Å². The standard InChI is InChI=1S/C22H10O3/c23-11-8-13-12-2-1-3-14-19(12)21-15(24-14)6-4-10-5-7-16-22(18(10)21)20(13)17(9-11)25-16/h1-9,23H. The Hall–Kier alpha value is -3.46. The van der Waals surface area contributed by atoms with E-state index < -0.39 is 0 Å². The van der Waals surface area contributed by atoms with Crippen LogP contribution >= 0.6 is 0 Å². The Balaban J connectivity index is 2.04. The molecule has 2 heterocycles. The number of hydrogen-bond acceptors (Lipinski definition) is 3. The molecule has 0 unspecified atom stereocenters. The van der Waals surface area contributed by atoms with Crippen LogP contribution in [0.25, 0.3) is 65.8 Å². The molecule has 1 aliphatic rings. The van der Waals surface area contributed by atoms with Crippen molar-refractivity contribution in [2.24, 2.45) is 0 Å². The van der Waals surface area contributed by atoms with Gasteiger partial charge in [-0.05, 0) is 40.8 Å². The van der Waals surface area contributed by atoms with Gasteiger partial charge in [-0.3, -0.25) is 0 Å². The summed E-state index contributed by atoms with van der Waals surface area (Å²) in [5.74, 6) is 0.209. The summed E-state index contributed by atoms with van der Waals surface area (Å²) in [6.07, 6.45) is 0. The number of hydrogen-bond donors (Lipinski definition) is 1. The zero-order valence-electron chi connectivity index (χ0n) is 13.0. The lowest BCUT2D eigenvalue weighted by Gasteiger charge is -2.05. The third kappa shape index (κ3) is 1.21. The molecular weight excluding hydrogens is 312 g/mol. The van der Waals surface area contributed by atoms with Crippen LogP contribution < -0.4 is 0 Å². The van der Waals surface area contributed by atoms with Crippen molar-refractivity contribution in [2.45, 2.75) is 0 Å². The van der Waals surface area contributed by atoms with Crippen LogP contribution in [0.2, 0.25) is 0 Å². The van der Waals surface area contributed by atoms with Gasteiger partial charge in [0.15, 0.2) is 0 Å². The predicted molar refractivity (Wildman–Crippen MR) is 99.2 cm³/mol. The van der Waals surface area contributed by atoms with E-state index in [1.807, 2.05) is 30.3 Å². The van der Waals surface area contributed by atoms with Gasteiger partial charge >= 0.3 is 0 Å². The summed E-state index contributed by atoms with van der Waals surface area (Å²) in [4.78, 5) is 0. The molecule has 6 aromatic rings. The van der Waals surface area contributed by atoms with Crippen molar-refractivity contribution in [3.63, 3.8) is 0 Å². The Kier molecular flexibility index (Phi) is 1.74. The number of fused-ring (bicyclic) bond motifs is 1. The summed E-state index contributed by atoms with van der Waals surface area (Å²) in [7, 11) is 0. The molecule has 1 N–H and O–H groups in total. The van der Waals surface area contributed by atoms with Crippen molar-refractivity contribution in [3.05, 3.63) is 54.6 Å². The van der Waals surface area contributed by atoms with Crippen LogP contribution in [0, 0.1) is 0 Å². The van der Waals surface area contributed by atoms with E-state index in [0.29, 0.717) is 5.58 Å². The van der Waals surface area contributed by atoms with Gasteiger partial charge in [-0.1, -0.05) is 24.3 Å². The summed E-state index contributed by atoms with van der Waals surface area (Å²) in [5, 5.41) is 17.0. The number of furan rings is 2. The van der Waals surface area contributed by atoms with Crippen molar-refractivity contribution < 1.29 is 13.9 Å². The summed E-state index contributed by atoms with van der Waals surface area (Å²) < 4.78 is 12.2. The Morgan fingerprint density at radius 1 is 0.560 bits per heavy atom. The van der Waals surface area contributed by atoms with Gasteiger partial charge in [-0.15, -0.1) is 0 Å². The van der Waals surface area contributed by atoms with E-state index in [4.69, 9.17) is 8.83 Å². The fourth-order valence-corrected chi connectivity index (χ4v) is 4.53. The number of rotatable bonds is 0. The van der Waals surface area contributed by atoms with Crippen LogP contribution in [0.4, 0.5) is 0 Å².